The van der Waals surface area contributed by atoms with Gasteiger partial charge in [-0.3, -0.25) is 0 Å². The highest BCUT2D eigenvalue weighted by molar-refractivity contribution is 6.32. The van der Waals surface area contributed by atoms with Crippen molar-refractivity contribution in [3.8, 4) is 5.75 Å². The molecular formula is C10H11ClO3. The fourth-order valence-electron chi connectivity index (χ4n) is 1.01. The van der Waals surface area contributed by atoms with Gasteiger partial charge in [-0.2, -0.15) is 0 Å². The molecule has 0 atom stereocenters. The monoisotopic (exact) mass is 214 g/mol. The quantitative estimate of drug-likeness (QED) is 0.726. The fraction of sp³-hybridized carbons (Fsp3) is 0.300. The summed E-state index contributed by atoms with van der Waals surface area (Å²) in [5.41, 5.74) is 0.431. The molecule has 1 rings (SSSR count). The largest absolute Gasteiger partial charge is 0.492 e. The van der Waals surface area contributed by atoms with Crippen LogP contribution in [0.3, 0.4) is 0 Å². The van der Waals surface area contributed by atoms with Gasteiger partial charge in [0.15, 0.2) is 0 Å². The molecule has 3 nitrogen and oxygen atoms in total. The van der Waals surface area contributed by atoms with Gasteiger partial charge in [0.25, 0.3) is 0 Å². The van der Waals surface area contributed by atoms with E-state index in [1.54, 1.807) is 18.2 Å². The topological polar surface area (TPSA) is 35.5 Å². The summed E-state index contributed by atoms with van der Waals surface area (Å²) in [7, 11) is 1.33. The number of carbonyl (C=O) groups is 1. The summed E-state index contributed by atoms with van der Waals surface area (Å²) in [5.74, 6) is 0.0969. The van der Waals surface area contributed by atoms with Crippen molar-refractivity contribution in [2.24, 2.45) is 0 Å². The lowest BCUT2D eigenvalue weighted by Gasteiger charge is -2.06. The summed E-state index contributed by atoms with van der Waals surface area (Å²) in [6.45, 7) is 2.35. The fourth-order valence-corrected chi connectivity index (χ4v) is 1.19. The molecule has 0 unspecified atom stereocenters. The van der Waals surface area contributed by atoms with Crippen molar-refractivity contribution >= 4 is 17.6 Å². The molecule has 0 heterocycles. The van der Waals surface area contributed by atoms with Gasteiger partial charge in [0.05, 0.1) is 24.3 Å². The molecule has 0 aliphatic rings. The maximum atomic E-state index is 11.2. The number of esters is 1. The van der Waals surface area contributed by atoms with Crippen LogP contribution in [0.1, 0.15) is 17.3 Å². The van der Waals surface area contributed by atoms with E-state index in [-0.39, 0.29) is 0 Å². The van der Waals surface area contributed by atoms with E-state index < -0.39 is 5.97 Å². The summed E-state index contributed by atoms with van der Waals surface area (Å²) in [5, 5.41) is 0.486. The Morgan fingerprint density at radius 2 is 2.21 bits per heavy atom. The summed E-state index contributed by atoms with van der Waals surface area (Å²) in [4.78, 5) is 11.2. The third-order valence-corrected chi connectivity index (χ3v) is 1.96. The van der Waals surface area contributed by atoms with Crippen LogP contribution in [0.15, 0.2) is 18.2 Å². The average Bonchev–Trinajstić information content (AvgIpc) is 2.20. The molecular weight excluding hydrogens is 204 g/mol. The molecule has 0 spiro atoms. The molecule has 0 N–H and O–H groups in total. The van der Waals surface area contributed by atoms with Crippen LogP contribution < -0.4 is 4.74 Å². The number of hydrogen-bond donors (Lipinski definition) is 0. The van der Waals surface area contributed by atoms with Gasteiger partial charge in [0, 0.05) is 0 Å². The zero-order valence-electron chi connectivity index (χ0n) is 8.04. The average molecular weight is 215 g/mol. The SMILES string of the molecule is CCOc1cc(C(=O)OC)ccc1Cl. The molecule has 0 amide bonds. The summed E-state index contributed by atoms with van der Waals surface area (Å²) in [6, 6.07) is 4.77. The molecule has 0 aliphatic carbocycles. The Morgan fingerprint density at radius 1 is 1.50 bits per heavy atom. The standard InChI is InChI=1S/C10H11ClO3/c1-3-14-9-6-7(10(12)13-2)4-5-8(9)11/h4-6H,3H2,1-2H3. The molecule has 0 aromatic heterocycles. The van der Waals surface area contributed by atoms with E-state index in [1.807, 2.05) is 6.92 Å². The molecule has 0 saturated heterocycles. The number of rotatable bonds is 3. The second kappa shape index (κ2) is 4.86. The van der Waals surface area contributed by atoms with Gasteiger partial charge < -0.3 is 9.47 Å². The van der Waals surface area contributed by atoms with Crippen LogP contribution in [-0.2, 0) is 4.74 Å². The highest BCUT2D eigenvalue weighted by Crippen LogP contribution is 2.25. The van der Waals surface area contributed by atoms with Crippen molar-refractivity contribution in [1.29, 1.82) is 0 Å². The lowest BCUT2D eigenvalue weighted by molar-refractivity contribution is 0.0600. The van der Waals surface area contributed by atoms with Crippen molar-refractivity contribution in [2.75, 3.05) is 13.7 Å². The van der Waals surface area contributed by atoms with Crippen LogP contribution in [0.4, 0.5) is 0 Å². The Balaban J connectivity index is 2.99. The zero-order valence-corrected chi connectivity index (χ0v) is 8.80. The Labute approximate surface area is 87.6 Å². The second-order valence-electron chi connectivity index (χ2n) is 2.57. The Bertz CT molecular complexity index is 336. The van der Waals surface area contributed by atoms with Crippen molar-refractivity contribution in [3.63, 3.8) is 0 Å². The van der Waals surface area contributed by atoms with Crippen molar-refractivity contribution < 1.29 is 14.3 Å². The van der Waals surface area contributed by atoms with E-state index in [1.165, 1.54) is 7.11 Å². The van der Waals surface area contributed by atoms with E-state index in [2.05, 4.69) is 4.74 Å². The number of methoxy groups -OCH3 is 1. The first-order chi connectivity index (χ1) is 6.69. The molecule has 0 fully saturated rings. The highest BCUT2D eigenvalue weighted by atomic mass is 35.5. The van der Waals surface area contributed by atoms with Crippen LogP contribution in [0.5, 0.6) is 5.75 Å². The van der Waals surface area contributed by atoms with Crippen molar-refractivity contribution in [2.45, 2.75) is 6.92 Å². The molecule has 14 heavy (non-hydrogen) atoms. The molecule has 0 aliphatic heterocycles. The van der Waals surface area contributed by atoms with Crippen molar-refractivity contribution in [3.05, 3.63) is 28.8 Å². The van der Waals surface area contributed by atoms with Crippen LogP contribution in [0.2, 0.25) is 5.02 Å². The maximum absolute atomic E-state index is 11.2. The normalized spacial score (nSPS) is 9.64. The number of ether oxygens (including phenoxy) is 2. The summed E-state index contributed by atoms with van der Waals surface area (Å²) < 4.78 is 9.80. The second-order valence-corrected chi connectivity index (χ2v) is 2.98. The van der Waals surface area contributed by atoms with Gasteiger partial charge in [0.1, 0.15) is 5.75 Å². The third kappa shape index (κ3) is 2.39. The number of halogens is 1. The van der Waals surface area contributed by atoms with Crippen molar-refractivity contribution in [1.82, 2.24) is 0 Å². The van der Waals surface area contributed by atoms with Gasteiger partial charge in [0.2, 0.25) is 0 Å². The number of carbonyl (C=O) groups excluding carboxylic acids is 1. The number of hydrogen-bond acceptors (Lipinski definition) is 3. The molecule has 0 saturated carbocycles. The first-order valence-corrected chi connectivity index (χ1v) is 4.57. The molecule has 1 aromatic rings. The zero-order chi connectivity index (χ0) is 10.6. The minimum atomic E-state index is -0.400. The molecule has 1 aromatic carbocycles. The van der Waals surface area contributed by atoms with Gasteiger partial charge >= 0.3 is 5.97 Å². The Kier molecular flexibility index (Phi) is 3.77. The Morgan fingerprint density at radius 3 is 2.79 bits per heavy atom. The lowest BCUT2D eigenvalue weighted by Crippen LogP contribution is -2.02. The minimum absolute atomic E-state index is 0.400. The van der Waals surface area contributed by atoms with Crippen LogP contribution in [0, 0.1) is 0 Å². The first-order valence-electron chi connectivity index (χ1n) is 4.19. The van der Waals surface area contributed by atoms with Gasteiger partial charge in [-0.05, 0) is 25.1 Å². The maximum Gasteiger partial charge on any atom is 0.337 e. The van der Waals surface area contributed by atoms with E-state index in [0.29, 0.717) is 22.9 Å². The lowest BCUT2D eigenvalue weighted by atomic mass is 10.2. The number of benzene rings is 1. The van der Waals surface area contributed by atoms with E-state index in [9.17, 15) is 4.79 Å². The van der Waals surface area contributed by atoms with Crippen LogP contribution in [0.25, 0.3) is 0 Å². The highest BCUT2D eigenvalue weighted by Gasteiger charge is 2.08. The minimum Gasteiger partial charge on any atom is -0.492 e. The molecule has 0 bridgehead atoms. The predicted octanol–water partition coefficient (Wildman–Crippen LogP) is 2.53. The predicted molar refractivity (Wildman–Crippen MR) is 54.0 cm³/mol. The molecule has 4 heteroatoms. The summed E-state index contributed by atoms with van der Waals surface area (Å²) >= 11 is 5.85. The van der Waals surface area contributed by atoms with E-state index in [4.69, 9.17) is 16.3 Å². The van der Waals surface area contributed by atoms with Crippen LogP contribution >= 0.6 is 11.6 Å². The van der Waals surface area contributed by atoms with Gasteiger partial charge in [-0.15, -0.1) is 0 Å². The smallest absolute Gasteiger partial charge is 0.337 e. The molecule has 76 valence electrons. The third-order valence-electron chi connectivity index (χ3n) is 1.65. The first kappa shape index (κ1) is 10.9. The van der Waals surface area contributed by atoms with Crippen LogP contribution in [-0.4, -0.2) is 19.7 Å². The van der Waals surface area contributed by atoms with Gasteiger partial charge in [-0.1, -0.05) is 11.6 Å². The van der Waals surface area contributed by atoms with E-state index in [0.717, 1.165) is 0 Å². The van der Waals surface area contributed by atoms with Gasteiger partial charge in [-0.25, -0.2) is 4.79 Å². The Hall–Kier alpha value is -1.22. The summed E-state index contributed by atoms with van der Waals surface area (Å²) in [6.07, 6.45) is 0. The van der Waals surface area contributed by atoms with E-state index >= 15 is 0 Å². The molecule has 0 radical (unpaired) electrons.